The van der Waals surface area contributed by atoms with Crippen LogP contribution in [0.2, 0.25) is 0 Å². The summed E-state index contributed by atoms with van der Waals surface area (Å²) < 4.78 is 5.84. The molecule has 0 fully saturated rings. The molecule has 30 heavy (non-hydrogen) atoms. The van der Waals surface area contributed by atoms with Gasteiger partial charge in [0.05, 0.1) is 5.25 Å². The average molecular weight is 422 g/mol. The first-order chi connectivity index (χ1) is 14.2. The second-order valence-electron chi connectivity index (χ2n) is 8.85. The van der Waals surface area contributed by atoms with E-state index in [2.05, 4.69) is 56.1 Å². The van der Waals surface area contributed by atoms with E-state index < -0.39 is 0 Å². The molecule has 0 bridgehead atoms. The van der Waals surface area contributed by atoms with Crippen LogP contribution in [-0.4, -0.2) is 27.4 Å². The quantitative estimate of drug-likeness (QED) is 0.521. The summed E-state index contributed by atoms with van der Waals surface area (Å²) in [7, 11) is 0. The lowest BCUT2D eigenvalue weighted by Crippen LogP contribution is -2.40. The van der Waals surface area contributed by atoms with Crippen LogP contribution in [0.15, 0.2) is 58.2 Å². The molecule has 2 heterocycles. The number of carbonyl (C=O) groups is 1. The number of carbonyl (C=O) groups excluding carboxylic acids is 1. The van der Waals surface area contributed by atoms with Crippen LogP contribution in [0.25, 0.3) is 11.5 Å². The third kappa shape index (κ3) is 4.01. The number of fused-ring (bicyclic) bond motifs is 1. The van der Waals surface area contributed by atoms with Crippen molar-refractivity contribution in [2.24, 2.45) is 0 Å². The maximum absolute atomic E-state index is 13.1. The highest BCUT2D eigenvalue weighted by Gasteiger charge is 2.34. The van der Waals surface area contributed by atoms with Gasteiger partial charge in [-0.2, -0.15) is 0 Å². The Morgan fingerprint density at radius 3 is 2.53 bits per heavy atom. The van der Waals surface area contributed by atoms with Crippen LogP contribution in [0, 0.1) is 0 Å². The Labute approximate surface area is 181 Å². The molecule has 0 saturated heterocycles. The van der Waals surface area contributed by atoms with Crippen molar-refractivity contribution in [2.75, 3.05) is 4.90 Å². The minimum atomic E-state index is -0.324. The van der Waals surface area contributed by atoms with Crippen molar-refractivity contribution in [1.29, 1.82) is 0 Å². The minimum absolute atomic E-state index is 0.0618. The van der Waals surface area contributed by atoms with E-state index in [1.54, 1.807) is 0 Å². The van der Waals surface area contributed by atoms with Gasteiger partial charge in [-0.3, -0.25) is 4.79 Å². The van der Waals surface area contributed by atoms with Crippen molar-refractivity contribution in [3.8, 4) is 11.5 Å². The fraction of sp³-hybridized carbons (Fsp3) is 0.375. The van der Waals surface area contributed by atoms with Gasteiger partial charge in [-0.1, -0.05) is 62.9 Å². The predicted molar refractivity (Wildman–Crippen MR) is 121 cm³/mol. The van der Waals surface area contributed by atoms with Gasteiger partial charge in [0.2, 0.25) is 11.8 Å². The van der Waals surface area contributed by atoms with Crippen LogP contribution < -0.4 is 4.90 Å². The Morgan fingerprint density at radius 2 is 1.83 bits per heavy atom. The van der Waals surface area contributed by atoms with Gasteiger partial charge in [-0.15, -0.1) is 10.2 Å². The highest BCUT2D eigenvalue weighted by atomic mass is 32.2. The number of amides is 1. The molecule has 5 nitrogen and oxygen atoms in total. The summed E-state index contributed by atoms with van der Waals surface area (Å²) in [6.07, 6.45) is 0.883. The van der Waals surface area contributed by atoms with Crippen LogP contribution in [0.5, 0.6) is 0 Å². The van der Waals surface area contributed by atoms with Crippen LogP contribution in [0.3, 0.4) is 0 Å². The van der Waals surface area contributed by atoms with E-state index >= 15 is 0 Å². The summed E-state index contributed by atoms with van der Waals surface area (Å²) in [6.45, 7) is 10.5. The lowest BCUT2D eigenvalue weighted by molar-refractivity contribution is -0.118. The smallest absolute Gasteiger partial charge is 0.277 e. The van der Waals surface area contributed by atoms with Crippen LogP contribution in [0.1, 0.15) is 45.7 Å². The Balaban J connectivity index is 1.47. The van der Waals surface area contributed by atoms with Crippen LogP contribution in [-0.2, 0) is 16.6 Å². The van der Waals surface area contributed by atoms with Crippen LogP contribution in [0.4, 0.5) is 5.69 Å². The van der Waals surface area contributed by atoms with Gasteiger partial charge in [0, 0.05) is 17.3 Å². The van der Waals surface area contributed by atoms with E-state index in [4.69, 9.17) is 4.42 Å². The number of para-hydroxylation sites is 1. The van der Waals surface area contributed by atoms with E-state index in [-0.39, 0.29) is 22.6 Å². The molecular formula is C24H27N3O2S. The standard InChI is InChI=1S/C24H27N3O2S/c1-15-14-18-8-6-7-9-20(18)27(15)22(28)16(2)30-23-26-25-21(29-23)17-10-12-19(13-11-17)24(3,4)5/h6-13,15-16H,14H2,1-5H3/t15-,16+/m0/s1. The van der Waals surface area contributed by atoms with E-state index in [0.29, 0.717) is 11.1 Å². The summed E-state index contributed by atoms with van der Waals surface area (Å²) in [5.74, 6) is 0.532. The summed E-state index contributed by atoms with van der Waals surface area (Å²) in [6, 6.07) is 16.4. The number of benzene rings is 2. The molecule has 1 amide bonds. The molecule has 0 radical (unpaired) electrons. The number of hydrogen-bond donors (Lipinski definition) is 0. The normalized spacial score (nSPS) is 17.1. The number of aromatic nitrogens is 2. The molecule has 6 heteroatoms. The largest absolute Gasteiger partial charge is 0.411 e. The zero-order chi connectivity index (χ0) is 21.5. The highest BCUT2D eigenvalue weighted by Crippen LogP contribution is 2.35. The predicted octanol–water partition coefficient (Wildman–Crippen LogP) is 5.49. The van der Waals surface area contributed by atoms with E-state index in [0.717, 1.165) is 17.7 Å². The molecule has 0 saturated carbocycles. The van der Waals surface area contributed by atoms with Gasteiger partial charge in [-0.05, 0) is 55.0 Å². The van der Waals surface area contributed by atoms with Gasteiger partial charge in [0.15, 0.2) is 0 Å². The molecule has 0 spiro atoms. The third-order valence-electron chi connectivity index (χ3n) is 5.47. The molecule has 156 valence electrons. The van der Waals surface area contributed by atoms with Gasteiger partial charge >= 0.3 is 0 Å². The van der Waals surface area contributed by atoms with Crippen LogP contribution >= 0.6 is 11.8 Å². The monoisotopic (exact) mass is 421 g/mol. The van der Waals surface area contributed by atoms with Gasteiger partial charge < -0.3 is 9.32 Å². The zero-order valence-electron chi connectivity index (χ0n) is 18.0. The lowest BCUT2D eigenvalue weighted by atomic mass is 9.87. The number of hydrogen-bond acceptors (Lipinski definition) is 5. The first-order valence-electron chi connectivity index (χ1n) is 10.3. The third-order valence-corrected chi connectivity index (χ3v) is 6.40. The molecular weight excluding hydrogens is 394 g/mol. The summed E-state index contributed by atoms with van der Waals surface area (Å²) >= 11 is 1.31. The molecule has 1 aromatic heterocycles. The molecule has 2 atom stereocenters. The summed E-state index contributed by atoms with van der Waals surface area (Å²) in [5.41, 5.74) is 4.44. The van der Waals surface area contributed by atoms with Gasteiger partial charge in [0.1, 0.15) is 0 Å². The maximum atomic E-state index is 13.1. The highest BCUT2D eigenvalue weighted by molar-refractivity contribution is 8.00. The first-order valence-corrected chi connectivity index (χ1v) is 11.1. The Hall–Kier alpha value is -2.60. The van der Waals surface area contributed by atoms with E-state index in [1.807, 2.05) is 42.2 Å². The number of anilines is 1. The lowest BCUT2D eigenvalue weighted by Gasteiger charge is -2.25. The summed E-state index contributed by atoms with van der Waals surface area (Å²) in [4.78, 5) is 15.0. The summed E-state index contributed by atoms with van der Waals surface area (Å²) in [5, 5.41) is 8.41. The molecule has 0 aliphatic carbocycles. The first kappa shape index (κ1) is 20.7. The van der Waals surface area contributed by atoms with E-state index in [1.165, 1.54) is 22.9 Å². The zero-order valence-corrected chi connectivity index (χ0v) is 18.9. The molecule has 4 rings (SSSR count). The molecule has 1 aliphatic heterocycles. The topological polar surface area (TPSA) is 59.2 Å². The van der Waals surface area contributed by atoms with Crippen molar-refractivity contribution >= 4 is 23.4 Å². The van der Waals surface area contributed by atoms with Crippen molar-refractivity contribution in [2.45, 2.75) is 63.0 Å². The Morgan fingerprint density at radius 1 is 1.13 bits per heavy atom. The molecule has 2 aromatic carbocycles. The number of nitrogens with zero attached hydrogens (tertiary/aromatic N) is 3. The Kier molecular flexibility index (Phi) is 5.45. The fourth-order valence-electron chi connectivity index (χ4n) is 3.79. The Bertz CT molecular complexity index is 1050. The second-order valence-corrected chi connectivity index (χ2v) is 10.1. The van der Waals surface area contributed by atoms with Crippen molar-refractivity contribution in [3.05, 3.63) is 59.7 Å². The van der Waals surface area contributed by atoms with Crippen molar-refractivity contribution in [1.82, 2.24) is 10.2 Å². The average Bonchev–Trinajstić information content (AvgIpc) is 3.30. The fourth-order valence-corrected chi connectivity index (χ4v) is 4.52. The molecule has 3 aromatic rings. The maximum Gasteiger partial charge on any atom is 0.277 e. The van der Waals surface area contributed by atoms with Crippen molar-refractivity contribution < 1.29 is 9.21 Å². The molecule has 1 aliphatic rings. The SMILES string of the molecule is C[C@@H](Sc1nnc(-c2ccc(C(C)(C)C)cc2)o1)C(=O)N1c2ccccc2C[C@@H]1C. The molecule has 0 unspecified atom stereocenters. The van der Waals surface area contributed by atoms with Crippen molar-refractivity contribution in [3.63, 3.8) is 0 Å². The van der Waals surface area contributed by atoms with Gasteiger partial charge in [0.25, 0.3) is 5.22 Å². The number of thioether (sulfide) groups is 1. The van der Waals surface area contributed by atoms with E-state index in [9.17, 15) is 4.79 Å². The minimum Gasteiger partial charge on any atom is -0.411 e. The molecule has 0 N–H and O–H groups in total. The number of rotatable bonds is 4. The van der Waals surface area contributed by atoms with Gasteiger partial charge in [-0.25, -0.2) is 0 Å². The second kappa shape index (κ2) is 7.91.